The van der Waals surface area contributed by atoms with Gasteiger partial charge in [-0.3, -0.25) is 0 Å². The van der Waals surface area contributed by atoms with Gasteiger partial charge in [0.25, 0.3) is 0 Å². The molecule has 2 aliphatic rings. The highest BCUT2D eigenvalue weighted by molar-refractivity contribution is 5.42. The third kappa shape index (κ3) is 1.13. The van der Waals surface area contributed by atoms with E-state index in [0.29, 0.717) is 11.3 Å². The van der Waals surface area contributed by atoms with Crippen LogP contribution in [0, 0.1) is 5.41 Å². The molecule has 3 rings (SSSR count). The molecule has 2 aliphatic carbocycles. The second-order valence-electron chi connectivity index (χ2n) is 6.54. The van der Waals surface area contributed by atoms with Crippen LogP contribution in [0.2, 0.25) is 0 Å². The van der Waals surface area contributed by atoms with E-state index in [-0.39, 0.29) is 11.5 Å². The molecule has 94 valence electrons. The van der Waals surface area contributed by atoms with Gasteiger partial charge in [0, 0.05) is 17.0 Å². The van der Waals surface area contributed by atoms with Crippen molar-refractivity contribution in [2.75, 3.05) is 0 Å². The van der Waals surface area contributed by atoms with Crippen molar-refractivity contribution < 1.29 is 0 Å². The van der Waals surface area contributed by atoms with Crippen LogP contribution in [-0.2, 0) is 5.41 Å². The van der Waals surface area contributed by atoms with Crippen molar-refractivity contribution in [1.82, 2.24) is 9.97 Å². The Hall–Kier alpha value is -0.830. The fraction of sp³-hybridized carbons (Fsp3) is 0.786. The summed E-state index contributed by atoms with van der Waals surface area (Å²) in [4.78, 5) is 8.35. The molecule has 0 aromatic carbocycles. The number of hydrogen-bond donors (Lipinski definition) is 2. The fourth-order valence-corrected chi connectivity index (χ4v) is 3.88. The van der Waals surface area contributed by atoms with Crippen LogP contribution in [0.15, 0.2) is 0 Å². The number of fused-ring (bicyclic) bond motifs is 5. The Morgan fingerprint density at radius 3 is 2.76 bits per heavy atom. The van der Waals surface area contributed by atoms with Gasteiger partial charge in [0.15, 0.2) is 0 Å². The van der Waals surface area contributed by atoms with Crippen LogP contribution in [0.5, 0.6) is 0 Å². The molecule has 3 heteroatoms. The molecule has 0 aliphatic heterocycles. The number of hydrogen-bond acceptors (Lipinski definition) is 2. The maximum atomic E-state index is 6.08. The highest BCUT2D eigenvalue weighted by atomic mass is 15.0. The minimum atomic E-state index is 0.0618. The molecule has 0 saturated heterocycles. The van der Waals surface area contributed by atoms with E-state index in [1.54, 1.807) is 0 Å². The molecular formula is C14H23N3. The van der Waals surface area contributed by atoms with Gasteiger partial charge in [-0.25, -0.2) is 4.98 Å². The maximum absolute atomic E-state index is 6.08. The third-order valence-corrected chi connectivity index (χ3v) is 5.64. The predicted molar refractivity (Wildman–Crippen MR) is 68.9 cm³/mol. The maximum Gasteiger partial charge on any atom is 0.123 e. The fourth-order valence-electron chi connectivity index (χ4n) is 3.88. The van der Waals surface area contributed by atoms with Crippen LogP contribution in [0.1, 0.15) is 76.1 Å². The Kier molecular flexibility index (Phi) is 2.08. The van der Waals surface area contributed by atoms with Crippen LogP contribution < -0.4 is 5.73 Å². The van der Waals surface area contributed by atoms with Crippen LogP contribution >= 0.6 is 0 Å². The summed E-state index contributed by atoms with van der Waals surface area (Å²) in [6.07, 6.45) is 3.50. The van der Waals surface area contributed by atoms with Gasteiger partial charge in [0.1, 0.15) is 5.82 Å². The first-order valence-corrected chi connectivity index (χ1v) is 6.77. The number of imidazole rings is 1. The second kappa shape index (κ2) is 3.14. The second-order valence-corrected chi connectivity index (χ2v) is 6.54. The number of nitrogens with zero attached hydrogens (tertiary/aromatic N) is 1. The van der Waals surface area contributed by atoms with Crippen molar-refractivity contribution in [2.45, 2.75) is 64.3 Å². The van der Waals surface area contributed by atoms with Crippen LogP contribution in [-0.4, -0.2) is 9.97 Å². The van der Waals surface area contributed by atoms with Crippen molar-refractivity contribution in [3.63, 3.8) is 0 Å². The number of aromatic nitrogens is 2. The van der Waals surface area contributed by atoms with Crippen molar-refractivity contribution in [3.05, 3.63) is 17.2 Å². The summed E-state index contributed by atoms with van der Waals surface area (Å²) in [7, 11) is 0. The van der Waals surface area contributed by atoms with Gasteiger partial charge >= 0.3 is 0 Å². The zero-order valence-electron chi connectivity index (χ0n) is 11.3. The van der Waals surface area contributed by atoms with Crippen LogP contribution in [0.25, 0.3) is 0 Å². The molecule has 2 unspecified atom stereocenters. The van der Waals surface area contributed by atoms with Gasteiger partial charge < -0.3 is 10.7 Å². The summed E-state index contributed by atoms with van der Waals surface area (Å²) in [5, 5.41) is 0. The zero-order valence-corrected chi connectivity index (χ0v) is 11.3. The number of H-pyrrole nitrogens is 1. The van der Waals surface area contributed by atoms with Gasteiger partial charge in [0.2, 0.25) is 0 Å². The molecule has 2 bridgehead atoms. The summed E-state index contributed by atoms with van der Waals surface area (Å²) in [6, 6.07) is 0.0618. The first-order chi connectivity index (χ1) is 7.91. The van der Waals surface area contributed by atoms with Gasteiger partial charge in [-0.1, -0.05) is 27.7 Å². The highest BCUT2D eigenvalue weighted by Crippen LogP contribution is 2.66. The molecule has 1 aromatic rings. The normalized spacial score (nSPS) is 35.0. The van der Waals surface area contributed by atoms with Crippen molar-refractivity contribution in [2.24, 2.45) is 11.1 Å². The molecule has 0 amide bonds. The van der Waals surface area contributed by atoms with E-state index < -0.39 is 0 Å². The average molecular weight is 233 g/mol. The lowest BCUT2D eigenvalue weighted by Gasteiger charge is -2.34. The van der Waals surface area contributed by atoms with E-state index in [9.17, 15) is 0 Å². The number of rotatable bonds is 2. The molecule has 3 atom stereocenters. The summed E-state index contributed by atoms with van der Waals surface area (Å²) >= 11 is 0. The smallest absolute Gasteiger partial charge is 0.123 e. The van der Waals surface area contributed by atoms with Gasteiger partial charge in [0.05, 0.1) is 11.7 Å². The Labute approximate surface area is 103 Å². The topological polar surface area (TPSA) is 54.7 Å². The van der Waals surface area contributed by atoms with E-state index in [2.05, 4.69) is 32.7 Å². The first kappa shape index (κ1) is 11.3. The van der Waals surface area contributed by atoms with Crippen molar-refractivity contribution in [1.29, 1.82) is 0 Å². The Morgan fingerprint density at radius 1 is 1.47 bits per heavy atom. The molecule has 3 N–H and O–H groups in total. The highest BCUT2D eigenvalue weighted by Gasteiger charge is 2.61. The average Bonchev–Trinajstić information content (AvgIpc) is 2.85. The number of nitrogens with two attached hydrogens (primary N) is 1. The monoisotopic (exact) mass is 233 g/mol. The van der Waals surface area contributed by atoms with Crippen LogP contribution in [0.4, 0.5) is 0 Å². The lowest BCUT2D eigenvalue weighted by molar-refractivity contribution is 0.225. The van der Waals surface area contributed by atoms with E-state index in [1.807, 2.05) is 0 Å². The summed E-state index contributed by atoms with van der Waals surface area (Å²) in [5.41, 5.74) is 9.35. The van der Waals surface area contributed by atoms with Gasteiger partial charge in [-0.2, -0.15) is 0 Å². The predicted octanol–water partition coefficient (Wildman–Crippen LogP) is 2.99. The first-order valence-electron chi connectivity index (χ1n) is 6.77. The molecule has 1 heterocycles. The van der Waals surface area contributed by atoms with Gasteiger partial charge in [-0.05, 0) is 24.7 Å². The minimum Gasteiger partial charge on any atom is -0.344 e. The standard InChI is InChI=1S/C14H23N3/c1-5-9(15)12-16-10-8-6-7-14(4,11(10)17-12)13(8,2)3/h8-9H,5-7,15H2,1-4H3,(H,16,17)/t8?,9-,14?/m0/s1. The SMILES string of the molecule is CC[C@H](N)c1nc2c([nH]1)C1CCC2(C)C1(C)C. The molecule has 3 nitrogen and oxygen atoms in total. The Bertz CT molecular complexity index is 460. The van der Waals surface area contributed by atoms with E-state index in [1.165, 1.54) is 24.2 Å². The molecule has 0 spiro atoms. The summed E-state index contributed by atoms with van der Waals surface area (Å²) in [6.45, 7) is 9.26. The van der Waals surface area contributed by atoms with Crippen LogP contribution in [0.3, 0.4) is 0 Å². The lowest BCUT2D eigenvalue weighted by atomic mass is 9.70. The van der Waals surface area contributed by atoms with E-state index in [4.69, 9.17) is 10.7 Å². The van der Waals surface area contributed by atoms with E-state index in [0.717, 1.165) is 12.2 Å². The minimum absolute atomic E-state index is 0.0618. The molecular weight excluding hydrogens is 210 g/mol. The van der Waals surface area contributed by atoms with E-state index >= 15 is 0 Å². The van der Waals surface area contributed by atoms with Gasteiger partial charge in [-0.15, -0.1) is 0 Å². The molecule has 1 aromatic heterocycles. The summed E-state index contributed by atoms with van der Waals surface area (Å²) < 4.78 is 0. The summed E-state index contributed by atoms with van der Waals surface area (Å²) in [5.74, 6) is 1.64. The molecule has 0 radical (unpaired) electrons. The Morgan fingerprint density at radius 2 is 2.18 bits per heavy atom. The number of nitrogens with one attached hydrogen (secondary N) is 1. The zero-order chi connectivity index (χ0) is 12.4. The molecule has 1 saturated carbocycles. The third-order valence-electron chi connectivity index (χ3n) is 5.64. The largest absolute Gasteiger partial charge is 0.344 e. The quantitative estimate of drug-likeness (QED) is 0.825. The Balaban J connectivity index is 2.10. The van der Waals surface area contributed by atoms with Crippen molar-refractivity contribution in [3.8, 4) is 0 Å². The number of aromatic amines is 1. The molecule has 1 fully saturated rings. The molecule has 17 heavy (non-hydrogen) atoms. The lowest BCUT2D eigenvalue weighted by Crippen LogP contribution is -2.32. The van der Waals surface area contributed by atoms with Crippen molar-refractivity contribution >= 4 is 0 Å².